The number of methoxy groups -OCH3 is 1. The summed E-state index contributed by atoms with van der Waals surface area (Å²) in [5.41, 5.74) is 13.2. The average Bonchev–Trinajstić information content (AvgIpc) is 1.61. The second kappa shape index (κ2) is 48.7. The number of hydrogen-bond donors (Lipinski definition) is 16. The van der Waals surface area contributed by atoms with E-state index in [2.05, 4.69) is 58.5 Å². The molecule has 1 aromatic carbocycles. The Balaban J connectivity index is 0.993. The lowest BCUT2D eigenvalue weighted by Gasteiger charge is -2.32. The van der Waals surface area contributed by atoms with Crippen molar-refractivity contribution in [2.45, 2.75) is 120 Å². The van der Waals surface area contributed by atoms with E-state index >= 15 is 9.00 Å². The number of thioether (sulfide) groups is 1. The molecule has 41 heteroatoms. The zero-order valence-electron chi connectivity index (χ0n) is 63.4. The van der Waals surface area contributed by atoms with E-state index in [1.807, 2.05) is 0 Å². The number of aliphatic hydroxyl groups is 3. The number of primary amides is 1. The number of H-pyrrole nitrogens is 1. The van der Waals surface area contributed by atoms with Crippen molar-refractivity contribution in [1.29, 1.82) is 0 Å². The number of rotatable bonds is 42. The Morgan fingerprint density at radius 2 is 1.38 bits per heavy atom. The monoisotopic (exact) mass is 1610 g/mol. The second-order valence-electron chi connectivity index (χ2n) is 27.0. The molecule has 10 amide bonds. The fourth-order valence-corrected chi connectivity index (χ4v) is 14.5. The number of aromatic amines is 1. The minimum absolute atomic E-state index is 0.100. The van der Waals surface area contributed by atoms with E-state index in [-0.39, 0.29) is 61.5 Å². The van der Waals surface area contributed by atoms with Gasteiger partial charge in [-0.05, 0) is 30.0 Å². The number of benzene rings is 1. The highest BCUT2D eigenvalue weighted by Crippen LogP contribution is 2.37. The molecule has 2 aromatic rings. The Morgan fingerprint density at radius 1 is 0.757 bits per heavy atom. The first-order chi connectivity index (χ1) is 53.2. The molecule has 0 spiro atoms. The van der Waals surface area contributed by atoms with Crippen LogP contribution < -0.4 is 64.0 Å². The molecule has 0 radical (unpaired) electrons. The summed E-state index contributed by atoms with van der Waals surface area (Å²) in [5.74, 6) is -14.8. The number of hydrogen-bond acceptors (Lipinski definition) is 28. The van der Waals surface area contributed by atoms with E-state index in [4.69, 9.17) is 48.7 Å². The van der Waals surface area contributed by atoms with Gasteiger partial charge in [0.1, 0.15) is 28.9 Å². The van der Waals surface area contributed by atoms with Gasteiger partial charge in [-0.1, -0.05) is 34.1 Å². The van der Waals surface area contributed by atoms with Crippen LogP contribution in [0.2, 0.25) is 0 Å². The maximum atomic E-state index is 15.4. The molecule has 4 aliphatic rings. The summed E-state index contributed by atoms with van der Waals surface area (Å²) in [5, 5.41) is 63.8. The Bertz CT molecular complexity index is 3500. The smallest absolute Gasteiger partial charge is 0.314 e. The number of amides is 10. The number of Topliss-reactive ketones (excluding diaryl/α,β-unsaturated/α-hetero) is 2. The Hall–Kier alpha value is -8.20. The third-order valence-electron chi connectivity index (χ3n) is 18.7. The molecule has 2 unspecified atom stereocenters. The lowest BCUT2D eigenvalue weighted by atomic mass is 9.85. The molecule has 6 rings (SSSR count). The van der Waals surface area contributed by atoms with Gasteiger partial charge in [0.2, 0.25) is 47.3 Å². The fraction of sp³-hybridized carbons (Fsp3) is 0.686. The van der Waals surface area contributed by atoms with Crippen LogP contribution in [0.5, 0.6) is 5.75 Å². The second-order valence-corrected chi connectivity index (χ2v) is 29.6. The number of nitrogens with one attached hydrogen (secondary N) is 11. The number of ether oxygens (including phenoxy) is 8. The van der Waals surface area contributed by atoms with Crippen molar-refractivity contribution in [2.75, 3.05) is 164 Å². The third kappa shape index (κ3) is 30.7. The molecule has 622 valence electrons. The largest absolute Gasteiger partial charge is 0.496 e. The molecule has 0 saturated carbocycles. The molecule has 17 N–H and O–H groups in total. The first-order valence-corrected chi connectivity index (χ1v) is 39.5. The van der Waals surface area contributed by atoms with Crippen LogP contribution in [0, 0.1) is 29.6 Å². The van der Waals surface area contributed by atoms with Gasteiger partial charge >= 0.3 is 12.0 Å². The van der Waals surface area contributed by atoms with Crippen molar-refractivity contribution < 1.29 is 120 Å². The minimum Gasteiger partial charge on any atom is -0.496 e. The zero-order chi connectivity index (χ0) is 80.9. The SMILES string of the molecule is CC[C@H](C)[C@@H]1CC(=O)CNC(=O)[C@H]2CC(=O)[C@H]([C@@H](C)[C@@H](O)CO)NC(=O)[C@@H]3C[C@@H](O)CN3C(=O)[C@H](CC(N)=O)NC(=O)[C@H](CS(=O)c3[nH]c4c(CSCCNC(=O)NCCOCCOCCOCCOCCOCCOCCOCCN5C=C(CNC(=O)CC(C)C(=O)O)NN5)c(OC)ccc4c3C2)NC(=O)CNC1=O. The van der Waals surface area contributed by atoms with E-state index in [1.54, 1.807) is 37.2 Å². The van der Waals surface area contributed by atoms with Crippen LogP contribution in [0.15, 0.2) is 29.1 Å². The average molecular weight is 1610 g/mol. The van der Waals surface area contributed by atoms with Crippen molar-refractivity contribution in [3.05, 3.63) is 35.2 Å². The lowest BCUT2D eigenvalue weighted by Crippen LogP contribution is -2.60. The van der Waals surface area contributed by atoms with Gasteiger partial charge in [0.05, 0.1) is 191 Å². The number of aliphatic hydroxyl groups excluding tert-OH is 3. The number of carboxylic acid groups (broad SMARTS) is 1. The van der Waals surface area contributed by atoms with Gasteiger partial charge in [0.25, 0.3) is 0 Å². The fourth-order valence-electron chi connectivity index (χ4n) is 12.2. The molecule has 1 aromatic heterocycles. The first-order valence-electron chi connectivity index (χ1n) is 37.0. The predicted octanol–water partition coefficient (Wildman–Crippen LogP) is -4.39. The number of nitrogens with zero attached hydrogens (tertiary/aromatic N) is 2. The number of hydrazine groups is 2. The number of aliphatic carboxylic acids is 1. The highest BCUT2D eigenvalue weighted by Gasteiger charge is 2.45. The predicted molar refractivity (Wildman–Crippen MR) is 398 cm³/mol. The van der Waals surface area contributed by atoms with Crippen LogP contribution in [-0.4, -0.2) is 310 Å². The maximum Gasteiger partial charge on any atom is 0.314 e. The normalized spacial score (nSPS) is 22.3. The Morgan fingerprint density at radius 3 is 1.99 bits per heavy atom. The van der Waals surface area contributed by atoms with E-state index in [9.17, 15) is 68.1 Å². The Labute approximate surface area is 649 Å². The van der Waals surface area contributed by atoms with Gasteiger partial charge in [0.15, 0.2) is 11.6 Å². The van der Waals surface area contributed by atoms with Crippen LogP contribution in [0.3, 0.4) is 0 Å². The highest BCUT2D eigenvalue weighted by molar-refractivity contribution is 7.98. The molecule has 12 atom stereocenters. The number of urea groups is 1. The molecular weight excluding hydrogens is 1500 g/mol. The number of nitrogens with two attached hydrogens (primary N) is 1. The zero-order valence-corrected chi connectivity index (χ0v) is 65.0. The van der Waals surface area contributed by atoms with Crippen LogP contribution in [0.25, 0.3) is 10.9 Å². The van der Waals surface area contributed by atoms with Crippen LogP contribution >= 0.6 is 11.8 Å². The van der Waals surface area contributed by atoms with Gasteiger partial charge in [-0.3, -0.25) is 62.0 Å². The minimum atomic E-state index is -2.44. The number of ketones is 2. The van der Waals surface area contributed by atoms with Crippen LogP contribution in [0.4, 0.5) is 4.79 Å². The summed E-state index contributed by atoms with van der Waals surface area (Å²) < 4.78 is 60.1. The van der Waals surface area contributed by atoms with Gasteiger partial charge in [0, 0.05) is 91.7 Å². The summed E-state index contributed by atoms with van der Waals surface area (Å²) in [7, 11) is -1.03. The first kappa shape index (κ1) is 91.7. The molecule has 2 bridgehead atoms. The quantitative estimate of drug-likeness (QED) is 0.0279. The van der Waals surface area contributed by atoms with Crippen molar-refractivity contribution in [1.82, 2.24) is 68.4 Å². The molecule has 5 heterocycles. The summed E-state index contributed by atoms with van der Waals surface area (Å²) in [6, 6.07) is -4.26. The van der Waals surface area contributed by atoms with Crippen LogP contribution in [0.1, 0.15) is 77.3 Å². The van der Waals surface area contributed by atoms with Gasteiger partial charge in [-0.25, -0.2) is 4.79 Å². The molecule has 111 heavy (non-hydrogen) atoms. The van der Waals surface area contributed by atoms with E-state index < -0.39 is 206 Å². The maximum absolute atomic E-state index is 15.4. The van der Waals surface area contributed by atoms with E-state index in [0.717, 1.165) is 4.90 Å². The van der Waals surface area contributed by atoms with Gasteiger partial charge in [-0.2, -0.15) is 11.8 Å². The molecule has 4 aliphatic heterocycles. The highest BCUT2D eigenvalue weighted by atomic mass is 32.2. The topological polar surface area (TPSA) is 545 Å². The summed E-state index contributed by atoms with van der Waals surface area (Å²) >= 11 is 1.37. The summed E-state index contributed by atoms with van der Waals surface area (Å²) in [6.45, 7) is 9.54. The molecule has 39 nitrogen and oxygen atoms in total. The third-order valence-corrected chi connectivity index (χ3v) is 21.1. The van der Waals surface area contributed by atoms with Crippen molar-refractivity contribution in [2.24, 2.45) is 35.3 Å². The standard InChI is InChI=1S/C70H110N14O25S2/c1-6-41(2)49-30-46(86)34-75-63(93)44-28-50-48-7-8-57(102-5)51(39-110-26-10-73-70(100)72-9-12-103-14-16-105-18-20-107-22-24-109-25-23-108-21-19-106-17-15-104-13-11-83-36-45(81-82-83)33-74-59(91)27-42(3)69(98)99)62(48)80-67(50)111(101)40-53(77-60(92)35-76-64(49)94)65(95)78-52(32-58(71)90)68(97)84-37-47(87)31-54(84)66(96)79-61(55(88)29-44)43(4)56(89)38-85/h7-8,36,41-44,47,49,52-54,56,61,80-82,85,87,89H,6,9-35,37-40H2,1-5H3,(H2,71,90)(H,74,91)(H,75,93)(H,76,94)(H,77,92)(H,78,95)(H,79,96)(H,98,99)(H2,72,73,100)/t41-,42?,43-,44+,47+,49-,52-,53-,54-,56-,61-,111?/m0/s1. The lowest BCUT2D eigenvalue weighted by molar-refractivity contribution is -0.144. The number of carbonyl (C=O) groups is 12. The molecular formula is C70H110N14O25S2. The Kier molecular flexibility index (Phi) is 40.2. The van der Waals surface area contributed by atoms with Gasteiger partial charge < -0.3 is 122 Å². The summed E-state index contributed by atoms with van der Waals surface area (Å²) in [6.07, 6.45) is -3.82. The molecule has 1 saturated heterocycles. The molecule has 0 aliphatic carbocycles. The van der Waals surface area contributed by atoms with Gasteiger partial charge in [-0.15, -0.1) is 5.53 Å². The van der Waals surface area contributed by atoms with Crippen molar-refractivity contribution in [3.8, 4) is 5.75 Å². The number of aromatic nitrogens is 1. The number of carbonyl (C=O) groups excluding carboxylic acids is 11. The van der Waals surface area contributed by atoms with Crippen molar-refractivity contribution >= 4 is 104 Å². The van der Waals surface area contributed by atoms with Crippen molar-refractivity contribution in [3.63, 3.8) is 0 Å². The van der Waals surface area contributed by atoms with E-state index in [1.165, 1.54) is 32.7 Å². The molecule has 1 fully saturated rings. The number of carboxylic acids is 1. The number of fused-ring (bicyclic) bond motifs is 5. The summed E-state index contributed by atoms with van der Waals surface area (Å²) in [4.78, 5) is 168. The van der Waals surface area contributed by atoms with E-state index in [0.29, 0.717) is 126 Å². The van der Waals surface area contributed by atoms with Crippen LogP contribution in [-0.2, 0) is 109 Å².